The molecule has 2 unspecified atom stereocenters. The van der Waals surface area contributed by atoms with Crippen LogP contribution in [0.3, 0.4) is 0 Å². The van der Waals surface area contributed by atoms with E-state index < -0.39 is 0 Å². The molecular formula is C15H20N4OS. The number of hydrazine groups is 1. The van der Waals surface area contributed by atoms with Crippen LogP contribution in [0.1, 0.15) is 12.5 Å². The zero-order chi connectivity index (χ0) is 14.7. The number of rotatable bonds is 5. The molecule has 0 bridgehead atoms. The third-order valence-electron chi connectivity index (χ3n) is 3.66. The molecule has 21 heavy (non-hydrogen) atoms. The minimum atomic E-state index is 0.0554. The maximum atomic E-state index is 6.10. The number of fused-ring (bicyclic) bond motifs is 1. The first-order chi connectivity index (χ1) is 10.3. The summed E-state index contributed by atoms with van der Waals surface area (Å²) in [6.45, 7) is 2.96. The lowest BCUT2D eigenvalue weighted by Crippen LogP contribution is -2.49. The Hall–Kier alpha value is -1.50. The summed E-state index contributed by atoms with van der Waals surface area (Å²) in [6.07, 6.45) is 4.83. The van der Waals surface area contributed by atoms with Crippen LogP contribution in [0.5, 0.6) is 5.75 Å². The molecule has 0 spiro atoms. The number of hydrogen-bond donors (Lipinski definition) is 2. The van der Waals surface area contributed by atoms with Crippen LogP contribution in [-0.4, -0.2) is 27.7 Å². The van der Waals surface area contributed by atoms with Gasteiger partial charge in [-0.1, -0.05) is 12.1 Å². The van der Waals surface area contributed by atoms with E-state index in [0.29, 0.717) is 0 Å². The fourth-order valence-electron chi connectivity index (χ4n) is 2.47. The average Bonchev–Trinajstić information content (AvgIpc) is 3.00. The molecule has 2 heterocycles. The molecular weight excluding hydrogens is 284 g/mol. The number of para-hydroxylation sites is 1. The van der Waals surface area contributed by atoms with E-state index in [0.717, 1.165) is 24.5 Å². The summed E-state index contributed by atoms with van der Waals surface area (Å²) < 4.78 is 8.03. The van der Waals surface area contributed by atoms with Gasteiger partial charge < -0.3 is 4.74 Å². The zero-order valence-corrected chi connectivity index (χ0v) is 12.8. The number of aryl methyl sites for hydroxylation is 1. The number of benzene rings is 1. The van der Waals surface area contributed by atoms with E-state index in [1.807, 2.05) is 40.8 Å². The smallest absolute Gasteiger partial charge is 0.133 e. The monoisotopic (exact) mass is 304 g/mol. The SMILES string of the molecule is CCn1cc(CC(NN)C2CSc3ccccc3O2)cn1. The van der Waals surface area contributed by atoms with Crippen LogP contribution < -0.4 is 16.0 Å². The Morgan fingerprint density at radius 1 is 1.52 bits per heavy atom. The fourth-order valence-corrected chi connectivity index (χ4v) is 3.55. The second-order valence-electron chi connectivity index (χ2n) is 5.10. The highest BCUT2D eigenvalue weighted by atomic mass is 32.2. The minimum absolute atomic E-state index is 0.0554. The van der Waals surface area contributed by atoms with E-state index in [4.69, 9.17) is 10.6 Å². The second-order valence-corrected chi connectivity index (χ2v) is 6.16. The first-order valence-corrected chi connectivity index (χ1v) is 8.14. The van der Waals surface area contributed by atoms with E-state index >= 15 is 0 Å². The first kappa shape index (κ1) is 14.4. The molecule has 0 saturated heterocycles. The molecule has 0 amide bonds. The Morgan fingerprint density at radius 2 is 2.38 bits per heavy atom. The summed E-state index contributed by atoms with van der Waals surface area (Å²) >= 11 is 1.82. The summed E-state index contributed by atoms with van der Waals surface area (Å²) in [5, 5.41) is 4.31. The van der Waals surface area contributed by atoms with E-state index in [1.54, 1.807) is 0 Å². The molecule has 0 saturated carbocycles. The maximum absolute atomic E-state index is 6.10. The van der Waals surface area contributed by atoms with Crippen molar-refractivity contribution in [1.82, 2.24) is 15.2 Å². The highest BCUT2D eigenvalue weighted by molar-refractivity contribution is 7.99. The molecule has 5 nitrogen and oxygen atoms in total. The Balaban J connectivity index is 1.69. The van der Waals surface area contributed by atoms with Crippen molar-refractivity contribution in [2.24, 2.45) is 5.84 Å². The van der Waals surface area contributed by atoms with Gasteiger partial charge in [-0.05, 0) is 31.0 Å². The van der Waals surface area contributed by atoms with Gasteiger partial charge in [0, 0.05) is 23.4 Å². The van der Waals surface area contributed by atoms with Crippen molar-refractivity contribution in [1.29, 1.82) is 0 Å². The summed E-state index contributed by atoms with van der Waals surface area (Å²) in [7, 11) is 0. The van der Waals surface area contributed by atoms with Crippen molar-refractivity contribution >= 4 is 11.8 Å². The van der Waals surface area contributed by atoms with Gasteiger partial charge in [0.25, 0.3) is 0 Å². The molecule has 112 valence electrons. The number of ether oxygens (including phenoxy) is 1. The third-order valence-corrected chi connectivity index (χ3v) is 4.80. The third kappa shape index (κ3) is 3.23. The van der Waals surface area contributed by atoms with Crippen molar-refractivity contribution in [3.8, 4) is 5.75 Å². The van der Waals surface area contributed by atoms with Gasteiger partial charge in [-0.2, -0.15) is 5.10 Å². The normalized spacial score (nSPS) is 18.9. The molecule has 0 aliphatic carbocycles. The van der Waals surface area contributed by atoms with E-state index in [1.165, 1.54) is 10.5 Å². The van der Waals surface area contributed by atoms with Crippen LogP contribution in [0.2, 0.25) is 0 Å². The zero-order valence-electron chi connectivity index (χ0n) is 12.0. The average molecular weight is 304 g/mol. The van der Waals surface area contributed by atoms with Crippen molar-refractivity contribution in [2.45, 2.75) is 36.9 Å². The highest BCUT2D eigenvalue weighted by Crippen LogP contribution is 2.35. The number of aromatic nitrogens is 2. The molecule has 3 N–H and O–H groups in total. The number of nitrogens with zero attached hydrogens (tertiary/aromatic N) is 2. The van der Waals surface area contributed by atoms with Gasteiger partial charge in [0.15, 0.2) is 0 Å². The summed E-state index contributed by atoms with van der Waals surface area (Å²) in [5.41, 5.74) is 4.08. The molecule has 1 aromatic heterocycles. The summed E-state index contributed by atoms with van der Waals surface area (Å²) in [6, 6.07) is 8.20. The van der Waals surface area contributed by atoms with Crippen LogP contribution >= 0.6 is 11.8 Å². The molecule has 6 heteroatoms. The Bertz CT molecular complexity index is 601. The summed E-state index contributed by atoms with van der Waals surface area (Å²) in [4.78, 5) is 1.20. The molecule has 0 radical (unpaired) electrons. The lowest BCUT2D eigenvalue weighted by molar-refractivity contribution is 0.165. The molecule has 2 aromatic rings. The topological polar surface area (TPSA) is 65.1 Å². The predicted octanol–water partition coefficient (Wildman–Crippen LogP) is 1.83. The lowest BCUT2D eigenvalue weighted by atomic mass is 10.1. The minimum Gasteiger partial charge on any atom is -0.487 e. The number of nitrogens with two attached hydrogens (primary N) is 1. The summed E-state index contributed by atoms with van der Waals surface area (Å²) in [5.74, 6) is 7.59. The van der Waals surface area contributed by atoms with Crippen LogP contribution in [0.25, 0.3) is 0 Å². The van der Waals surface area contributed by atoms with E-state index in [9.17, 15) is 0 Å². The molecule has 0 fully saturated rings. The van der Waals surface area contributed by atoms with E-state index in [2.05, 4.69) is 29.7 Å². The van der Waals surface area contributed by atoms with Gasteiger partial charge in [-0.25, -0.2) is 0 Å². The van der Waals surface area contributed by atoms with E-state index in [-0.39, 0.29) is 12.1 Å². The van der Waals surface area contributed by atoms with Crippen LogP contribution in [-0.2, 0) is 13.0 Å². The number of hydrogen-bond acceptors (Lipinski definition) is 5. The molecule has 2 atom stereocenters. The quantitative estimate of drug-likeness (QED) is 0.652. The van der Waals surface area contributed by atoms with Crippen molar-refractivity contribution in [3.05, 3.63) is 42.2 Å². The standard InChI is InChI=1S/C15H20N4OS/c1-2-19-9-11(8-17-19)7-12(18-16)14-10-21-15-6-4-3-5-13(15)20-14/h3-6,8-9,12,14,18H,2,7,10,16H2,1H3. The van der Waals surface area contributed by atoms with Gasteiger partial charge in [-0.3, -0.25) is 16.0 Å². The molecule has 1 aromatic carbocycles. The predicted molar refractivity (Wildman–Crippen MR) is 84.3 cm³/mol. The van der Waals surface area contributed by atoms with Crippen LogP contribution in [0.4, 0.5) is 0 Å². The van der Waals surface area contributed by atoms with Gasteiger partial charge in [0.2, 0.25) is 0 Å². The molecule has 1 aliphatic heterocycles. The largest absolute Gasteiger partial charge is 0.487 e. The number of thioether (sulfide) groups is 1. The number of nitrogens with one attached hydrogen (secondary N) is 1. The first-order valence-electron chi connectivity index (χ1n) is 7.16. The Kier molecular flexibility index (Phi) is 4.48. The van der Waals surface area contributed by atoms with Crippen LogP contribution in [0.15, 0.2) is 41.6 Å². The van der Waals surface area contributed by atoms with Gasteiger partial charge in [-0.15, -0.1) is 11.8 Å². The van der Waals surface area contributed by atoms with Gasteiger partial charge in [0.05, 0.1) is 12.2 Å². The fraction of sp³-hybridized carbons (Fsp3) is 0.400. The lowest BCUT2D eigenvalue weighted by Gasteiger charge is -2.31. The van der Waals surface area contributed by atoms with Crippen molar-refractivity contribution < 1.29 is 4.74 Å². The second kappa shape index (κ2) is 6.51. The van der Waals surface area contributed by atoms with Gasteiger partial charge >= 0.3 is 0 Å². The Labute approximate surface area is 128 Å². The van der Waals surface area contributed by atoms with Crippen molar-refractivity contribution in [2.75, 3.05) is 5.75 Å². The maximum Gasteiger partial charge on any atom is 0.133 e. The van der Waals surface area contributed by atoms with Gasteiger partial charge in [0.1, 0.15) is 11.9 Å². The highest BCUT2D eigenvalue weighted by Gasteiger charge is 2.27. The Morgan fingerprint density at radius 3 is 3.14 bits per heavy atom. The van der Waals surface area contributed by atoms with Crippen LogP contribution in [0, 0.1) is 0 Å². The van der Waals surface area contributed by atoms with Crippen molar-refractivity contribution in [3.63, 3.8) is 0 Å². The molecule has 3 rings (SSSR count). The molecule has 1 aliphatic rings.